The number of nitriles is 1. The molecule has 1 aliphatic rings. The zero-order valence-electron chi connectivity index (χ0n) is 6.74. The minimum Gasteiger partial charge on any atom is -0.268 e. The lowest BCUT2D eigenvalue weighted by molar-refractivity contribution is 0.0612. The van der Waals surface area contributed by atoms with E-state index in [0.717, 1.165) is 4.47 Å². The minimum absolute atomic E-state index is 0.0379. The summed E-state index contributed by atoms with van der Waals surface area (Å²) in [6.07, 6.45) is 3.95. The van der Waals surface area contributed by atoms with Crippen molar-refractivity contribution in [3.05, 3.63) is 16.9 Å². The van der Waals surface area contributed by atoms with E-state index in [2.05, 4.69) is 21.0 Å². The molecule has 3 nitrogen and oxygen atoms in total. The van der Waals surface area contributed by atoms with E-state index in [9.17, 15) is 4.39 Å². The Morgan fingerprint density at radius 1 is 1.77 bits per heavy atom. The van der Waals surface area contributed by atoms with Crippen molar-refractivity contribution in [2.75, 3.05) is 0 Å². The lowest BCUT2D eigenvalue weighted by Crippen LogP contribution is -2.39. The Kier molecular flexibility index (Phi) is 1.88. The third kappa shape index (κ3) is 1.46. The third-order valence-corrected chi connectivity index (χ3v) is 2.67. The van der Waals surface area contributed by atoms with Crippen LogP contribution in [-0.2, 0) is 0 Å². The molecule has 0 bridgehead atoms. The molecule has 0 spiro atoms. The van der Waals surface area contributed by atoms with Gasteiger partial charge in [-0.2, -0.15) is 10.4 Å². The van der Waals surface area contributed by atoms with Crippen molar-refractivity contribution in [1.29, 1.82) is 5.26 Å². The second-order valence-corrected chi connectivity index (χ2v) is 4.19. The fraction of sp³-hybridized carbons (Fsp3) is 0.500. The molecule has 2 rings (SSSR count). The molecule has 1 heterocycles. The van der Waals surface area contributed by atoms with E-state index in [-0.39, 0.29) is 18.9 Å². The highest BCUT2D eigenvalue weighted by atomic mass is 79.9. The minimum atomic E-state index is -1.62. The molecule has 0 atom stereocenters. The Balaban J connectivity index is 2.06. The number of aromatic nitrogens is 2. The maximum absolute atomic E-state index is 13.2. The molecule has 0 saturated heterocycles. The van der Waals surface area contributed by atoms with Gasteiger partial charge in [-0.25, -0.2) is 4.39 Å². The smallest absolute Gasteiger partial charge is 0.200 e. The molecule has 68 valence electrons. The standard InChI is InChI=1S/C8H7BrFN3/c9-6-3-12-13(4-6)7-1-8(10,2-7)5-11/h3-4,7H,1-2H2. The Morgan fingerprint density at radius 2 is 2.46 bits per heavy atom. The first kappa shape index (κ1) is 8.70. The van der Waals surface area contributed by atoms with Crippen molar-refractivity contribution in [2.24, 2.45) is 0 Å². The summed E-state index contributed by atoms with van der Waals surface area (Å²) >= 11 is 3.26. The largest absolute Gasteiger partial charge is 0.268 e. The number of hydrogen-bond donors (Lipinski definition) is 0. The number of hydrogen-bond acceptors (Lipinski definition) is 2. The average Bonchev–Trinajstić information content (AvgIpc) is 2.46. The van der Waals surface area contributed by atoms with Gasteiger partial charge in [0.05, 0.1) is 16.7 Å². The van der Waals surface area contributed by atoms with Crippen LogP contribution >= 0.6 is 15.9 Å². The number of nitrogens with zero attached hydrogens (tertiary/aromatic N) is 3. The number of rotatable bonds is 1. The van der Waals surface area contributed by atoms with Gasteiger partial charge in [0.1, 0.15) is 6.07 Å². The highest BCUT2D eigenvalue weighted by Gasteiger charge is 2.46. The Hall–Kier alpha value is -0.890. The van der Waals surface area contributed by atoms with Crippen LogP contribution in [0.15, 0.2) is 16.9 Å². The molecule has 0 N–H and O–H groups in total. The summed E-state index contributed by atoms with van der Waals surface area (Å²) in [5, 5.41) is 12.5. The molecule has 0 radical (unpaired) electrons. The van der Waals surface area contributed by atoms with Crippen LogP contribution in [0.4, 0.5) is 4.39 Å². The predicted molar refractivity (Wildman–Crippen MR) is 47.7 cm³/mol. The molecule has 0 unspecified atom stereocenters. The van der Waals surface area contributed by atoms with E-state index in [1.807, 2.05) is 0 Å². The van der Waals surface area contributed by atoms with Gasteiger partial charge in [-0.15, -0.1) is 0 Å². The van der Waals surface area contributed by atoms with Crippen molar-refractivity contribution < 1.29 is 4.39 Å². The van der Waals surface area contributed by atoms with Gasteiger partial charge in [-0.05, 0) is 15.9 Å². The first-order valence-electron chi connectivity index (χ1n) is 3.93. The van der Waals surface area contributed by atoms with Crippen LogP contribution in [0.5, 0.6) is 0 Å². The molecule has 0 aliphatic heterocycles. The first-order valence-corrected chi connectivity index (χ1v) is 4.72. The molecular weight excluding hydrogens is 237 g/mol. The monoisotopic (exact) mass is 243 g/mol. The first-order chi connectivity index (χ1) is 6.13. The van der Waals surface area contributed by atoms with Gasteiger partial charge in [0.2, 0.25) is 0 Å². The molecule has 1 aromatic heterocycles. The molecule has 5 heteroatoms. The van der Waals surface area contributed by atoms with Crippen molar-refractivity contribution in [2.45, 2.75) is 24.6 Å². The normalized spacial score (nSPS) is 32.2. The quantitative estimate of drug-likeness (QED) is 0.759. The van der Waals surface area contributed by atoms with Gasteiger partial charge in [0, 0.05) is 19.0 Å². The predicted octanol–water partition coefficient (Wildman–Crippen LogP) is 2.21. The number of halogens is 2. The molecule has 13 heavy (non-hydrogen) atoms. The molecule has 1 saturated carbocycles. The second kappa shape index (κ2) is 2.81. The van der Waals surface area contributed by atoms with Crippen LogP contribution in [-0.4, -0.2) is 15.4 Å². The second-order valence-electron chi connectivity index (χ2n) is 3.28. The maximum Gasteiger partial charge on any atom is 0.200 e. The van der Waals surface area contributed by atoms with E-state index < -0.39 is 5.67 Å². The van der Waals surface area contributed by atoms with Crippen LogP contribution in [0.3, 0.4) is 0 Å². The van der Waals surface area contributed by atoms with E-state index in [0.29, 0.717) is 0 Å². The maximum atomic E-state index is 13.2. The SMILES string of the molecule is N#CC1(F)CC(n2cc(Br)cn2)C1. The molecular formula is C8H7BrFN3. The lowest BCUT2D eigenvalue weighted by Gasteiger charge is -2.35. The van der Waals surface area contributed by atoms with Crippen LogP contribution < -0.4 is 0 Å². The van der Waals surface area contributed by atoms with Crippen LogP contribution in [0.1, 0.15) is 18.9 Å². The van der Waals surface area contributed by atoms with Gasteiger partial charge in [0.15, 0.2) is 5.67 Å². The van der Waals surface area contributed by atoms with Gasteiger partial charge < -0.3 is 0 Å². The van der Waals surface area contributed by atoms with Crippen molar-refractivity contribution >= 4 is 15.9 Å². The highest BCUT2D eigenvalue weighted by Crippen LogP contribution is 2.43. The Morgan fingerprint density at radius 3 is 2.92 bits per heavy atom. The molecule has 0 amide bonds. The van der Waals surface area contributed by atoms with Crippen LogP contribution in [0.2, 0.25) is 0 Å². The lowest BCUT2D eigenvalue weighted by atomic mass is 9.78. The van der Waals surface area contributed by atoms with Gasteiger partial charge >= 0.3 is 0 Å². The fourth-order valence-corrected chi connectivity index (χ4v) is 1.78. The Bertz CT molecular complexity index is 362. The zero-order chi connectivity index (χ0) is 9.47. The summed E-state index contributed by atoms with van der Waals surface area (Å²) in [4.78, 5) is 0. The van der Waals surface area contributed by atoms with Gasteiger partial charge in [-0.1, -0.05) is 0 Å². The van der Waals surface area contributed by atoms with Crippen molar-refractivity contribution in [3.63, 3.8) is 0 Å². The summed E-state index contributed by atoms with van der Waals surface area (Å²) in [6.45, 7) is 0. The van der Waals surface area contributed by atoms with Crippen molar-refractivity contribution in [3.8, 4) is 6.07 Å². The van der Waals surface area contributed by atoms with E-state index in [1.54, 1.807) is 23.1 Å². The summed E-state index contributed by atoms with van der Waals surface area (Å²) in [5.74, 6) is 0. The van der Waals surface area contributed by atoms with Crippen molar-refractivity contribution in [1.82, 2.24) is 9.78 Å². The van der Waals surface area contributed by atoms with E-state index in [4.69, 9.17) is 5.26 Å². The molecule has 1 aromatic rings. The summed E-state index contributed by atoms with van der Waals surface area (Å²) < 4.78 is 15.7. The molecule has 1 aliphatic carbocycles. The van der Waals surface area contributed by atoms with E-state index >= 15 is 0 Å². The summed E-state index contributed by atoms with van der Waals surface area (Å²) in [7, 11) is 0. The zero-order valence-corrected chi connectivity index (χ0v) is 8.33. The summed E-state index contributed by atoms with van der Waals surface area (Å²) in [5.41, 5.74) is -1.62. The highest BCUT2D eigenvalue weighted by molar-refractivity contribution is 9.10. The third-order valence-electron chi connectivity index (χ3n) is 2.26. The van der Waals surface area contributed by atoms with Crippen LogP contribution in [0, 0.1) is 11.3 Å². The fourth-order valence-electron chi connectivity index (χ4n) is 1.48. The van der Waals surface area contributed by atoms with Crippen LogP contribution in [0.25, 0.3) is 0 Å². The average molecular weight is 244 g/mol. The van der Waals surface area contributed by atoms with Gasteiger partial charge in [-0.3, -0.25) is 4.68 Å². The van der Waals surface area contributed by atoms with Gasteiger partial charge in [0.25, 0.3) is 0 Å². The Labute approximate surface area is 83.3 Å². The molecule has 1 fully saturated rings. The number of alkyl halides is 1. The summed E-state index contributed by atoms with van der Waals surface area (Å²) in [6, 6.07) is 1.70. The molecule has 0 aromatic carbocycles. The van der Waals surface area contributed by atoms with E-state index in [1.165, 1.54) is 0 Å². The topological polar surface area (TPSA) is 41.6 Å².